The molecule has 0 atom stereocenters. The Morgan fingerprint density at radius 2 is 1.85 bits per heavy atom. The molecule has 0 radical (unpaired) electrons. The quantitative estimate of drug-likeness (QED) is 0.592. The summed E-state index contributed by atoms with van der Waals surface area (Å²) in [7, 11) is -3.84. The number of rotatable bonds is 4. The molecule has 1 aromatic rings. The van der Waals surface area contributed by atoms with Crippen molar-refractivity contribution in [2.24, 2.45) is 5.14 Å². The van der Waals surface area contributed by atoms with Crippen molar-refractivity contribution >= 4 is 27.3 Å². The number of carbonyl (C=O) groups is 1. The summed E-state index contributed by atoms with van der Waals surface area (Å²) in [4.78, 5) is 11.6. The third-order valence-corrected chi connectivity index (χ3v) is 3.12. The second kappa shape index (κ2) is 5.68. The minimum Gasteiger partial charge on any atom is -0.399 e. The summed E-state index contributed by atoms with van der Waals surface area (Å²) in [6.07, 6.45) is 0. The van der Waals surface area contributed by atoms with Gasteiger partial charge in [-0.05, 0) is 39.0 Å². The van der Waals surface area contributed by atoms with E-state index in [1.165, 1.54) is 18.2 Å². The molecule has 0 bridgehead atoms. The summed E-state index contributed by atoms with van der Waals surface area (Å²) < 4.78 is 22.6. The lowest BCUT2D eigenvalue weighted by Gasteiger charge is -2.20. The van der Waals surface area contributed by atoms with Crippen LogP contribution in [-0.2, 0) is 14.8 Å². The maximum Gasteiger partial charge on any atom is 0.239 e. The molecule has 1 aromatic carbocycles. The van der Waals surface area contributed by atoms with E-state index in [0.29, 0.717) is 5.69 Å². The minimum absolute atomic E-state index is 0.00474. The van der Waals surface area contributed by atoms with Gasteiger partial charge in [0.1, 0.15) is 0 Å². The average Bonchev–Trinajstić information content (AvgIpc) is 2.22. The van der Waals surface area contributed by atoms with Crippen molar-refractivity contribution in [1.82, 2.24) is 5.32 Å². The van der Waals surface area contributed by atoms with Crippen LogP contribution in [0, 0.1) is 0 Å². The number of anilines is 2. The van der Waals surface area contributed by atoms with Gasteiger partial charge in [0.25, 0.3) is 0 Å². The van der Waals surface area contributed by atoms with Crippen molar-refractivity contribution in [3.63, 3.8) is 0 Å². The minimum atomic E-state index is -3.84. The largest absolute Gasteiger partial charge is 0.399 e. The zero-order chi connectivity index (χ0) is 15.6. The second-order valence-corrected chi connectivity index (χ2v) is 7.05. The van der Waals surface area contributed by atoms with Crippen molar-refractivity contribution < 1.29 is 13.2 Å². The van der Waals surface area contributed by atoms with Crippen LogP contribution in [0.2, 0.25) is 0 Å². The number of benzene rings is 1. The molecule has 112 valence electrons. The highest BCUT2D eigenvalue weighted by molar-refractivity contribution is 7.89. The van der Waals surface area contributed by atoms with Gasteiger partial charge in [-0.15, -0.1) is 0 Å². The van der Waals surface area contributed by atoms with E-state index in [1.54, 1.807) is 0 Å². The summed E-state index contributed by atoms with van der Waals surface area (Å²) in [5, 5.41) is 10.6. The Morgan fingerprint density at radius 3 is 2.35 bits per heavy atom. The third-order valence-electron chi connectivity index (χ3n) is 2.22. The zero-order valence-electron chi connectivity index (χ0n) is 11.7. The van der Waals surface area contributed by atoms with Gasteiger partial charge in [-0.1, -0.05) is 0 Å². The molecule has 0 saturated carbocycles. The summed E-state index contributed by atoms with van der Waals surface area (Å²) >= 11 is 0. The fraction of sp³-hybridized carbons (Fsp3) is 0.417. The van der Waals surface area contributed by atoms with Gasteiger partial charge < -0.3 is 16.4 Å². The normalized spacial score (nSPS) is 12.0. The Bertz CT molecular complexity index is 606. The van der Waals surface area contributed by atoms with Crippen LogP contribution in [0.3, 0.4) is 0 Å². The lowest BCUT2D eigenvalue weighted by atomic mass is 10.1. The molecule has 0 saturated heterocycles. The van der Waals surface area contributed by atoms with Gasteiger partial charge in [0, 0.05) is 16.9 Å². The van der Waals surface area contributed by atoms with E-state index in [4.69, 9.17) is 10.9 Å². The third kappa shape index (κ3) is 5.45. The van der Waals surface area contributed by atoms with E-state index >= 15 is 0 Å². The maximum absolute atomic E-state index is 11.7. The first kappa shape index (κ1) is 16.3. The van der Waals surface area contributed by atoms with Gasteiger partial charge >= 0.3 is 0 Å². The van der Waals surface area contributed by atoms with Gasteiger partial charge in [0.05, 0.1) is 11.4 Å². The molecule has 0 aliphatic rings. The molecular formula is C12H20N4O3S. The summed E-state index contributed by atoms with van der Waals surface area (Å²) in [5.74, 6) is -0.211. The van der Waals surface area contributed by atoms with E-state index in [2.05, 4.69) is 10.6 Å². The molecule has 0 fully saturated rings. The van der Waals surface area contributed by atoms with Crippen molar-refractivity contribution in [3.05, 3.63) is 18.2 Å². The molecular weight excluding hydrogens is 280 g/mol. The van der Waals surface area contributed by atoms with Crippen LogP contribution in [0.4, 0.5) is 11.4 Å². The van der Waals surface area contributed by atoms with E-state index in [9.17, 15) is 13.2 Å². The van der Waals surface area contributed by atoms with Crippen molar-refractivity contribution in [2.45, 2.75) is 31.2 Å². The monoisotopic (exact) mass is 300 g/mol. The topological polar surface area (TPSA) is 127 Å². The fourth-order valence-corrected chi connectivity index (χ4v) is 2.12. The van der Waals surface area contributed by atoms with Crippen LogP contribution < -0.4 is 21.5 Å². The van der Waals surface area contributed by atoms with Crippen LogP contribution in [0.25, 0.3) is 0 Å². The number of primary sulfonamides is 1. The number of sulfonamides is 1. The molecule has 8 heteroatoms. The predicted molar refractivity (Wildman–Crippen MR) is 78.6 cm³/mol. The number of carbonyl (C=O) groups excluding carboxylic acids is 1. The van der Waals surface area contributed by atoms with Crippen LogP contribution >= 0.6 is 0 Å². The lowest BCUT2D eigenvalue weighted by Crippen LogP contribution is -2.43. The van der Waals surface area contributed by atoms with E-state index in [-0.39, 0.29) is 28.6 Å². The fourth-order valence-electron chi connectivity index (χ4n) is 1.53. The number of hydrogen-bond donors (Lipinski definition) is 4. The number of amides is 1. The van der Waals surface area contributed by atoms with E-state index < -0.39 is 10.0 Å². The van der Waals surface area contributed by atoms with Gasteiger partial charge in [-0.2, -0.15) is 0 Å². The summed E-state index contributed by atoms with van der Waals surface area (Å²) in [6.45, 7) is 5.60. The van der Waals surface area contributed by atoms with Crippen molar-refractivity contribution in [1.29, 1.82) is 0 Å². The zero-order valence-corrected chi connectivity index (χ0v) is 12.5. The van der Waals surface area contributed by atoms with Crippen LogP contribution in [0.5, 0.6) is 0 Å². The lowest BCUT2D eigenvalue weighted by molar-refractivity contribution is -0.120. The SMILES string of the molecule is CC(C)(C)NC(=O)CNc1cc(N)cc(S(N)(=O)=O)c1. The number of nitrogens with two attached hydrogens (primary N) is 2. The highest BCUT2D eigenvalue weighted by Gasteiger charge is 2.14. The average molecular weight is 300 g/mol. The van der Waals surface area contributed by atoms with Gasteiger partial charge in [-0.25, -0.2) is 13.6 Å². The van der Waals surface area contributed by atoms with Gasteiger partial charge in [-0.3, -0.25) is 4.79 Å². The molecule has 0 aliphatic heterocycles. The van der Waals surface area contributed by atoms with Crippen molar-refractivity contribution in [2.75, 3.05) is 17.6 Å². The molecule has 0 aliphatic carbocycles. The number of nitrogens with one attached hydrogen (secondary N) is 2. The Balaban J connectivity index is 2.79. The molecule has 0 aromatic heterocycles. The number of hydrogen-bond acceptors (Lipinski definition) is 5. The number of nitrogen functional groups attached to an aromatic ring is 1. The maximum atomic E-state index is 11.7. The van der Waals surface area contributed by atoms with Gasteiger partial charge in [0.15, 0.2) is 0 Å². The Labute approximate surface area is 118 Å². The first-order chi connectivity index (χ1) is 8.97. The highest BCUT2D eigenvalue weighted by Crippen LogP contribution is 2.19. The molecule has 1 rings (SSSR count). The highest BCUT2D eigenvalue weighted by atomic mass is 32.2. The predicted octanol–water partition coefficient (Wildman–Crippen LogP) is 0.243. The van der Waals surface area contributed by atoms with Crippen LogP contribution in [0.15, 0.2) is 23.1 Å². The molecule has 0 unspecified atom stereocenters. The van der Waals surface area contributed by atoms with Crippen LogP contribution in [0.1, 0.15) is 20.8 Å². The first-order valence-corrected chi connectivity index (χ1v) is 7.50. The molecule has 1 amide bonds. The van der Waals surface area contributed by atoms with Crippen LogP contribution in [-0.4, -0.2) is 26.4 Å². The molecule has 0 spiro atoms. The summed E-state index contributed by atoms with van der Waals surface area (Å²) in [6, 6.07) is 4.12. The van der Waals surface area contributed by atoms with Crippen molar-refractivity contribution in [3.8, 4) is 0 Å². The first-order valence-electron chi connectivity index (χ1n) is 5.96. The Hall–Kier alpha value is -1.80. The Morgan fingerprint density at radius 1 is 1.25 bits per heavy atom. The van der Waals surface area contributed by atoms with E-state index in [1.807, 2.05) is 20.8 Å². The smallest absolute Gasteiger partial charge is 0.239 e. The van der Waals surface area contributed by atoms with E-state index in [0.717, 1.165) is 0 Å². The summed E-state index contributed by atoms with van der Waals surface area (Å²) in [5.41, 5.74) is 5.93. The standard InChI is InChI=1S/C12H20N4O3S/c1-12(2,3)16-11(17)7-15-9-4-8(13)5-10(6-9)20(14,18)19/h4-6,15H,7,13H2,1-3H3,(H,16,17)(H2,14,18,19). The Kier molecular flexibility index (Phi) is 4.61. The molecule has 0 heterocycles. The van der Waals surface area contributed by atoms with Gasteiger partial charge in [0.2, 0.25) is 15.9 Å². The molecule has 7 nitrogen and oxygen atoms in total. The molecule has 20 heavy (non-hydrogen) atoms. The second-order valence-electron chi connectivity index (χ2n) is 5.49. The molecule has 6 N–H and O–H groups in total.